The normalized spacial score (nSPS) is 26.6. The van der Waals surface area contributed by atoms with Crippen LogP contribution in [0.2, 0.25) is 0 Å². The standard InChI is InChI=1S/C18H30N2/c1-14-7-9-18(12-19,10-8-14)13-20(4)17-6-5-15(2)11-16(17)3/h5-6,11,14H,7-10,12-13,19H2,1-4H3. The number of rotatable bonds is 4. The third-order valence-corrected chi connectivity index (χ3v) is 5.10. The van der Waals surface area contributed by atoms with Gasteiger partial charge in [0.1, 0.15) is 0 Å². The lowest BCUT2D eigenvalue weighted by Crippen LogP contribution is -2.43. The zero-order valence-electron chi connectivity index (χ0n) is 13.6. The summed E-state index contributed by atoms with van der Waals surface area (Å²) in [7, 11) is 2.22. The van der Waals surface area contributed by atoms with E-state index in [9.17, 15) is 0 Å². The van der Waals surface area contributed by atoms with Crippen molar-refractivity contribution in [3.05, 3.63) is 29.3 Å². The molecule has 0 radical (unpaired) electrons. The molecule has 0 amide bonds. The van der Waals surface area contributed by atoms with E-state index >= 15 is 0 Å². The Hall–Kier alpha value is -1.02. The van der Waals surface area contributed by atoms with Crippen LogP contribution in [-0.4, -0.2) is 20.1 Å². The first-order valence-electron chi connectivity index (χ1n) is 7.94. The first-order valence-corrected chi connectivity index (χ1v) is 7.94. The molecule has 20 heavy (non-hydrogen) atoms. The highest BCUT2D eigenvalue weighted by molar-refractivity contribution is 5.54. The Morgan fingerprint density at radius 3 is 2.45 bits per heavy atom. The van der Waals surface area contributed by atoms with E-state index in [1.165, 1.54) is 42.5 Å². The predicted octanol–water partition coefficient (Wildman–Crippen LogP) is 3.89. The molecule has 1 fully saturated rings. The number of anilines is 1. The quantitative estimate of drug-likeness (QED) is 0.902. The first kappa shape index (κ1) is 15.4. The molecular formula is C18H30N2. The van der Waals surface area contributed by atoms with E-state index in [2.05, 4.69) is 50.9 Å². The highest BCUT2D eigenvalue weighted by atomic mass is 15.1. The van der Waals surface area contributed by atoms with Gasteiger partial charge < -0.3 is 10.6 Å². The van der Waals surface area contributed by atoms with Crippen LogP contribution in [0, 0.1) is 25.2 Å². The third-order valence-electron chi connectivity index (χ3n) is 5.10. The topological polar surface area (TPSA) is 29.3 Å². The minimum atomic E-state index is 0.318. The monoisotopic (exact) mass is 274 g/mol. The lowest BCUT2D eigenvalue weighted by atomic mass is 9.70. The summed E-state index contributed by atoms with van der Waals surface area (Å²) >= 11 is 0. The van der Waals surface area contributed by atoms with Gasteiger partial charge in [-0.05, 0) is 50.8 Å². The van der Waals surface area contributed by atoms with Crippen molar-refractivity contribution in [2.45, 2.75) is 46.5 Å². The summed E-state index contributed by atoms with van der Waals surface area (Å²) in [6, 6.07) is 6.72. The van der Waals surface area contributed by atoms with Crippen LogP contribution in [0.1, 0.15) is 43.7 Å². The van der Waals surface area contributed by atoms with Crippen molar-refractivity contribution in [3.63, 3.8) is 0 Å². The summed E-state index contributed by atoms with van der Waals surface area (Å²) in [5, 5.41) is 0. The Balaban J connectivity index is 2.11. The van der Waals surface area contributed by atoms with E-state index in [-0.39, 0.29) is 0 Å². The summed E-state index contributed by atoms with van der Waals surface area (Å²) in [6.07, 6.45) is 5.22. The highest BCUT2D eigenvalue weighted by Crippen LogP contribution is 2.39. The number of nitrogens with zero attached hydrogens (tertiary/aromatic N) is 1. The smallest absolute Gasteiger partial charge is 0.0393 e. The van der Waals surface area contributed by atoms with E-state index in [1.807, 2.05) is 0 Å². The van der Waals surface area contributed by atoms with Gasteiger partial charge in [-0.1, -0.05) is 37.5 Å². The second-order valence-electron chi connectivity index (χ2n) is 7.03. The number of hydrogen-bond donors (Lipinski definition) is 1. The van der Waals surface area contributed by atoms with Crippen LogP contribution in [0.4, 0.5) is 5.69 Å². The average Bonchev–Trinajstić information content (AvgIpc) is 2.41. The Kier molecular flexibility index (Phi) is 4.74. The fourth-order valence-electron chi connectivity index (χ4n) is 3.62. The van der Waals surface area contributed by atoms with E-state index in [0.717, 1.165) is 19.0 Å². The van der Waals surface area contributed by atoms with Gasteiger partial charge in [0.2, 0.25) is 0 Å². The molecule has 112 valence electrons. The van der Waals surface area contributed by atoms with Gasteiger partial charge in [0.25, 0.3) is 0 Å². The van der Waals surface area contributed by atoms with Gasteiger partial charge in [-0.15, -0.1) is 0 Å². The zero-order valence-corrected chi connectivity index (χ0v) is 13.6. The van der Waals surface area contributed by atoms with Crippen molar-refractivity contribution in [1.29, 1.82) is 0 Å². The van der Waals surface area contributed by atoms with Gasteiger partial charge in [0.15, 0.2) is 0 Å². The maximum atomic E-state index is 6.15. The van der Waals surface area contributed by atoms with Crippen LogP contribution in [0.15, 0.2) is 18.2 Å². The summed E-state index contributed by atoms with van der Waals surface area (Å²) < 4.78 is 0. The molecular weight excluding hydrogens is 244 g/mol. The molecule has 0 unspecified atom stereocenters. The van der Waals surface area contributed by atoms with Crippen molar-refractivity contribution >= 4 is 5.69 Å². The molecule has 2 rings (SSSR count). The van der Waals surface area contributed by atoms with Crippen LogP contribution >= 0.6 is 0 Å². The maximum Gasteiger partial charge on any atom is 0.0393 e. The van der Waals surface area contributed by atoms with E-state index in [4.69, 9.17) is 5.73 Å². The van der Waals surface area contributed by atoms with Gasteiger partial charge in [0.05, 0.1) is 0 Å². The van der Waals surface area contributed by atoms with Crippen LogP contribution in [-0.2, 0) is 0 Å². The molecule has 1 aliphatic carbocycles. The molecule has 0 atom stereocenters. The summed E-state index contributed by atoms with van der Waals surface area (Å²) in [4.78, 5) is 2.41. The van der Waals surface area contributed by atoms with E-state index in [1.54, 1.807) is 0 Å². The molecule has 0 bridgehead atoms. The predicted molar refractivity (Wildman–Crippen MR) is 88.3 cm³/mol. The summed E-state index contributed by atoms with van der Waals surface area (Å²) in [6.45, 7) is 8.63. The molecule has 0 aliphatic heterocycles. The van der Waals surface area contributed by atoms with Gasteiger partial charge >= 0.3 is 0 Å². The molecule has 0 heterocycles. The van der Waals surface area contributed by atoms with Crippen molar-refractivity contribution in [1.82, 2.24) is 0 Å². The van der Waals surface area contributed by atoms with Gasteiger partial charge in [-0.25, -0.2) is 0 Å². The van der Waals surface area contributed by atoms with Gasteiger partial charge in [-0.2, -0.15) is 0 Å². The molecule has 1 aliphatic rings. The number of aryl methyl sites for hydroxylation is 2. The second kappa shape index (κ2) is 6.17. The second-order valence-corrected chi connectivity index (χ2v) is 7.03. The van der Waals surface area contributed by atoms with Crippen molar-refractivity contribution in [2.24, 2.45) is 17.1 Å². The fourth-order valence-corrected chi connectivity index (χ4v) is 3.62. The van der Waals surface area contributed by atoms with Crippen LogP contribution in [0.3, 0.4) is 0 Å². The molecule has 2 heteroatoms. The lowest BCUT2D eigenvalue weighted by molar-refractivity contribution is 0.171. The molecule has 1 saturated carbocycles. The molecule has 0 aromatic heterocycles. The summed E-state index contributed by atoms with van der Waals surface area (Å²) in [5.41, 5.74) is 10.5. The zero-order chi connectivity index (χ0) is 14.8. The van der Waals surface area contributed by atoms with Crippen molar-refractivity contribution in [2.75, 3.05) is 25.0 Å². The number of nitrogens with two attached hydrogens (primary N) is 1. The fraction of sp³-hybridized carbons (Fsp3) is 0.667. The van der Waals surface area contributed by atoms with Crippen LogP contribution < -0.4 is 10.6 Å². The summed E-state index contributed by atoms with van der Waals surface area (Å²) in [5.74, 6) is 0.876. The minimum Gasteiger partial charge on any atom is -0.374 e. The highest BCUT2D eigenvalue weighted by Gasteiger charge is 2.34. The van der Waals surface area contributed by atoms with Gasteiger partial charge in [0, 0.05) is 24.7 Å². The van der Waals surface area contributed by atoms with Crippen molar-refractivity contribution in [3.8, 4) is 0 Å². The minimum absolute atomic E-state index is 0.318. The average molecular weight is 274 g/mol. The molecule has 1 aromatic rings. The molecule has 0 spiro atoms. The molecule has 0 saturated heterocycles. The number of hydrogen-bond acceptors (Lipinski definition) is 2. The molecule has 2 nitrogen and oxygen atoms in total. The van der Waals surface area contributed by atoms with Crippen molar-refractivity contribution < 1.29 is 0 Å². The Morgan fingerprint density at radius 2 is 1.90 bits per heavy atom. The van der Waals surface area contributed by atoms with Crippen LogP contribution in [0.25, 0.3) is 0 Å². The third kappa shape index (κ3) is 3.35. The Morgan fingerprint density at radius 1 is 1.25 bits per heavy atom. The van der Waals surface area contributed by atoms with E-state index in [0.29, 0.717) is 5.41 Å². The van der Waals surface area contributed by atoms with Gasteiger partial charge in [-0.3, -0.25) is 0 Å². The Bertz CT molecular complexity index is 445. The number of benzene rings is 1. The maximum absolute atomic E-state index is 6.15. The molecule has 2 N–H and O–H groups in total. The lowest BCUT2D eigenvalue weighted by Gasteiger charge is -2.42. The molecule has 1 aromatic carbocycles. The van der Waals surface area contributed by atoms with E-state index < -0.39 is 0 Å². The SMILES string of the molecule is Cc1ccc(N(C)CC2(CN)CCC(C)CC2)c(C)c1. The first-order chi connectivity index (χ1) is 9.46. The Labute approximate surface area is 124 Å². The largest absolute Gasteiger partial charge is 0.374 e. The van der Waals surface area contributed by atoms with Crippen LogP contribution in [0.5, 0.6) is 0 Å².